The van der Waals surface area contributed by atoms with Crippen molar-refractivity contribution in [2.24, 2.45) is 5.92 Å². The molecule has 26 heavy (non-hydrogen) atoms. The first kappa shape index (κ1) is 18.0. The largest absolute Gasteiger partial charge is 0.445 e. The van der Waals surface area contributed by atoms with Crippen molar-refractivity contribution in [3.63, 3.8) is 0 Å². The molecule has 1 fully saturated rings. The summed E-state index contributed by atoms with van der Waals surface area (Å²) >= 11 is 0. The number of rotatable bonds is 5. The molecule has 138 valence electrons. The molecule has 6 nitrogen and oxygen atoms in total. The molecule has 0 unspecified atom stereocenters. The van der Waals surface area contributed by atoms with Crippen LogP contribution in [0, 0.1) is 12.8 Å². The molecule has 1 saturated heterocycles. The number of nitrogens with one attached hydrogen (secondary N) is 2. The number of aromatic nitrogens is 1. The van der Waals surface area contributed by atoms with Gasteiger partial charge < -0.3 is 19.9 Å². The first-order chi connectivity index (χ1) is 12.6. The number of piperidine rings is 1. The minimum absolute atomic E-state index is 0.0880. The maximum Gasteiger partial charge on any atom is 0.410 e. The van der Waals surface area contributed by atoms with Gasteiger partial charge in [-0.2, -0.15) is 0 Å². The van der Waals surface area contributed by atoms with Crippen molar-refractivity contribution in [2.45, 2.75) is 26.4 Å². The maximum atomic E-state index is 12.2. The summed E-state index contributed by atoms with van der Waals surface area (Å²) in [6, 6.07) is 11.5. The standard InChI is InChI=1S/C20H25N3O3/c1-15-4-6-17(7-5-15)14-26-20(25)23-11-8-16(9-12-23)13-22-19(24)18-3-2-10-21-18/h2-7,10,16,21H,8-9,11-14H2,1H3,(H,22,24). The Balaban J connectivity index is 1.37. The average Bonchev–Trinajstić information content (AvgIpc) is 3.21. The van der Waals surface area contributed by atoms with Gasteiger partial charge in [0.15, 0.2) is 0 Å². The summed E-state index contributed by atoms with van der Waals surface area (Å²) in [5, 5.41) is 2.95. The van der Waals surface area contributed by atoms with Crippen LogP contribution in [-0.4, -0.2) is 41.5 Å². The molecule has 0 atom stereocenters. The number of aryl methyl sites for hydroxylation is 1. The summed E-state index contributed by atoms with van der Waals surface area (Å²) in [6.45, 7) is 4.28. The second-order valence-electron chi connectivity index (χ2n) is 6.76. The van der Waals surface area contributed by atoms with E-state index in [0.29, 0.717) is 37.9 Å². The lowest BCUT2D eigenvalue weighted by atomic mass is 9.97. The van der Waals surface area contributed by atoms with E-state index in [1.807, 2.05) is 31.2 Å². The van der Waals surface area contributed by atoms with Gasteiger partial charge in [-0.25, -0.2) is 4.79 Å². The first-order valence-corrected chi connectivity index (χ1v) is 9.00. The zero-order valence-electron chi connectivity index (χ0n) is 15.0. The maximum absolute atomic E-state index is 12.2. The highest BCUT2D eigenvalue weighted by Crippen LogP contribution is 2.18. The number of nitrogens with zero attached hydrogens (tertiary/aromatic N) is 1. The van der Waals surface area contributed by atoms with Crippen molar-refractivity contribution in [1.29, 1.82) is 0 Å². The summed E-state index contributed by atoms with van der Waals surface area (Å²) < 4.78 is 5.40. The molecule has 1 aliphatic heterocycles. The SMILES string of the molecule is Cc1ccc(COC(=O)N2CCC(CNC(=O)c3ccc[nH]3)CC2)cc1. The zero-order chi connectivity index (χ0) is 18.4. The predicted molar refractivity (Wildman–Crippen MR) is 98.8 cm³/mol. The van der Waals surface area contributed by atoms with Gasteiger partial charge in [-0.3, -0.25) is 4.79 Å². The Morgan fingerprint density at radius 2 is 1.92 bits per heavy atom. The zero-order valence-corrected chi connectivity index (χ0v) is 15.0. The molecule has 0 aliphatic carbocycles. The van der Waals surface area contributed by atoms with Gasteiger partial charge in [0.2, 0.25) is 0 Å². The fourth-order valence-corrected chi connectivity index (χ4v) is 3.04. The van der Waals surface area contributed by atoms with Crippen LogP contribution in [0.5, 0.6) is 0 Å². The highest BCUT2D eigenvalue weighted by Gasteiger charge is 2.24. The van der Waals surface area contributed by atoms with Crippen molar-refractivity contribution in [2.75, 3.05) is 19.6 Å². The molecular weight excluding hydrogens is 330 g/mol. The van der Waals surface area contributed by atoms with Gasteiger partial charge in [-0.1, -0.05) is 29.8 Å². The minimum Gasteiger partial charge on any atom is -0.445 e. The number of carbonyl (C=O) groups is 2. The molecule has 0 bridgehead atoms. The molecular formula is C20H25N3O3. The van der Waals surface area contributed by atoms with Gasteiger partial charge in [0.05, 0.1) is 0 Å². The third kappa shape index (κ3) is 4.88. The van der Waals surface area contributed by atoms with Crippen LogP contribution in [0.25, 0.3) is 0 Å². The molecule has 0 spiro atoms. The minimum atomic E-state index is -0.264. The lowest BCUT2D eigenvalue weighted by Gasteiger charge is -2.31. The Bertz CT molecular complexity index is 717. The molecule has 2 N–H and O–H groups in total. The van der Waals surface area contributed by atoms with Crippen LogP contribution < -0.4 is 5.32 Å². The summed E-state index contributed by atoms with van der Waals surface area (Å²) in [6.07, 6.45) is 3.20. The van der Waals surface area contributed by atoms with Gasteiger partial charge in [0.25, 0.3) is 5.91 Å². The van der Waals surface area contributed by atoms with E-state index in [2.05, 4.69) is 10.3 Å². The van der Waals surface area contributed by atoms with Gasteiger partial charge in [-0.05, 0) is 43.4 Å². The van der Waals surface area contributed by atoms with Crippen LogP contribution in [0.15, 0.2) is 42.6 Å². The molecule has 0 saturated carbocycles. The molecule has 1 aromatic heterocycles. The van der Waals surface area contributed by atoms with Gasteiger partial charge >= 0.3 is 6.09 Å². The van der Waals surface area contributed by atoms with Crippen LogP contribution >= 0.6 is 0 Å². The van der Waals surface area contributed by atoms with Gasteiger partial charge in [0.1, 0.15) is 12.3 Å². The van der Waals surface area contributed by atoms with E-state index in [4.69, 9.17) is 4.74 Å². The van der Waals surface area contributed by atoms with E-state index in [-0.39, 0.29) is 12.0 Å². The van der Waals surface area contributed by atoms with Gasteiger partial charge in [-0.15, -0.1) is 0 Å². The van der Waals surface area contributed by atoms with E-state index < -0.39 is 0 Å². The fourth-order valence-electron chi connectivity index (χ4n) is 3.04. The van der Waals surface area contributed by atoms with Crippen molar-refractivity contribution >= 4 is 12.0 Å². The Hall–Kier alpha value is -2.76. The van der Waals surface area contributed by atoms with Crippen molar-refractivity contribution < 1.29 is 14.3 Å². The van der Waals surface area contributed by atoms with E-state index in [1.165, 1.54) is 5.56 Å². The summed E-state index contributed by atoms with van der Waals surface area (Å²) in [5.41, 5.74) is 2.75. The summed E-state index contributed by atoms with van der Waals surface area (Å²) in [7, 11) is 0. The molecule has 2 aromatic rings. The lowest BCUT2D eigenvalue weighted by Crippen LogP contribution is -2.41. The van der Waals surface area contributed by atoms with Crippen molar-refractivity contribution in [3.05, 3.63) is 59.4 Å². The highest BCUT2D eigenvalue weighted by atomic mass is 16.6. The molecule has 1 aliphatic rings. The second-order valence-corrected chi connectivity index (χ2v) is 6.76. The van der Waals surface area contributed by atoms with E-state index >= 15 is 0 Å². The smallest absolute Gasteiger partial charge is 0.410 e. The highest BCUT2D eigenvalue weighted by molar-refractivity contribution is 5.92. The van der Waals surface area contributed by atoms with Crippen molar-refractivity contribution in [3.8, 4) is 0 Å². The van der Waals surface area contributed by atoms with Crippen molar-refractivity contribution in [1.82, 2.24) is 15.2 Å². The number of hydrogen-bond acceptors (Lipinski definition) is 3. The fraction of sp³-hybridized carbons (Fsp3) is 0.400. The number of amides is 2. The normalized spacial score (nSPS) is 14.9. The summed E-state index contributed by atoms with van der Waals surface area (Å²) in [4.78, 5) is 28.8. The number of likely N-dealkylation sites (tertiary alicyclic amines) is 1. The van der Waals surface area contributed by atoms with Crippen LogP contribution in [0.1, 0.15) is 34.5 Å². The number of hydrogen-bond donors (Lipinski definition) is 2. The van der Waals surface area contributed by atoms with E-state index in [1.54, 1.807) is 23.2 Å². The molecule has 2 amide bonds. The average molecular weight is 355 g/mol. The lowest BCUT2D eigenvalue weighted by molar-refractivity contribution is 0.0800. The third-order valence-corrected chi connectivity index (χ3v) is 4.75. The molecule has 2 heterocycles. The van der Waals surface area contributed by atoms with E-state index in [9.17, 15) is 9.59 Å². The van der Waals surface area contributed by atoms with Crippen LogP contribution in [0.3, 0.4) is 0 Å². The Kier molecular flexibility index (Phi) is 5.94. The predicted octanol–water partition coefficient (Wildman–Crippen LogP) is 3.10. The van der Waals surface area contributed by atoms with Gasteiger partial charge in [0, 0.05) is 25.8 Å². The van der Waals surface area contributed by atoms with Crippen LogP contribution in [0.4, 0.5) is 4.79 Å². The number of carbonyl (C=O) groups excluding carboxylic acids is 2. The first-order valence-electron chi connectivity index (χ1n) is 9.00. The number of aromatic amines is 1. The number of benzene rings is 1. The van der Waals surface area contributed by atoms with Crippen LogP contribution in [0.2, 0.25) is 0 Å². The third-order valence-electron chi connectivity index (χ3n) is 4.75. The topological polar surface area (TPSA) is 74.4 Å². The molecule has 0 radical (unpaired) electrons. The summed E-state index contributed by atoms with van der Waals surface area (Å²) in [5.74, 6) is 0.296. The van der Waals surface area contributed by atoms with Crippen LogP contribution in [-0.2, 0) is 11.3 Å². The number of ether oxygens (including phenoxy) is 1. The quantitative estimate of drug-likeness (QED) is 0.865. The van der Waals surface area contributed by atoms with E-state index in [0.717, 1.165) is 18.4 Å². The molecule has 6 heteroatoms. The molecule has 1 aromatic carbocycles. The second kappa shape index (κ2) is 8.56. The Morgan fingerprint density at radius 1 is 1.19 bits per heavy atom. The Morgan fingerprint density at radius 3 is 2.58 bits per heavy atom. The monoisotopic (exact) mass is 355 g/mol. The molecule has 3 rings (SSSR count). The Labute approximate surface area is 153 Å². The number of H-pyrrole nitrogens is 1.